The van der Waals surface area contributed by atoms with Crippen molar-refractivity contribution < 1.29 is 9.13 Å². The van der Waals surface area contributed by atoms with Crippen molar-refractivity contribution in [2.45, 2.75) is 5.92 Å². The summed E-state index contributed by atoms with van der Waals surface area (Å²) in [6, 6.07) is 15.3. The highest BCUT2D eigenvalue weighted by atomic mass is 35.5. The zero-order chi connectivity index (χ0) is 18.3. The summed E-state index contributed by atoms with van der Waals surface area (Å²) in [7, 11) is 0. The first-order valence-corrected chi connectivity index (χ1v) is 8.14. The largest absolute Gasteiger partial charge is 0.420 e. The summed E-state index contributed by atoms with van der Waals surface area (Å²) in [5.74, 6) is -0.665. The van der Waals surface area contributed by atoms with Crippen molar-refractivity contribution in [3.05, 3.63) is 82.0 Å². The first-order chi connectivity index (χ1) is 12.6. The molecule has 0 unspecified atom stereocenters. The summed E-state index contributed by atoms with van der Waals surface area (Å²) in [4.78, 5) is 0. The van der Waals surface area contributed by atoms with E-state index in [0.717, 1.165) is 5.56 Å². The second-order valence-electron chi connectivity index (χ2n) is 5.77. The van der Waals surface area contributed by atoms with E-state index in [4.69, 9.17) is 22.1 Å². The van der Waals surface area contributed by atoms with Gasteiger partial charge in [-0.25, -0.2) is 4.39 Å². The van der Waals surface area contributed by atoms with Crippen LogP contribution in [0.2, 0.25) is 5.02 Å². The molecule has 3 N–H and O–H groups in total. The van der Waals surface area contributed by atoms with Crippen LogP contribution in [-0.2, 0) is 0 Å². The topological polar surface area (TPSA) is 87.7 Å². The van der Waals surface area contributed by atoms with E-state index >= 15 is 0 Å². The number of allylic oxidation sites excluding steroid dienone is 1. The van der Waals surface area contributed by atoms with Crippen LogP contribution in [0.5, 0.6) is 5.88 Å². The van der Waals surface area contributed by atoms with E-state index in [0.29, 0.717) is 21.8 Å². The van der Waals surface area contributed by atoms with Gasteiger partial charge in [-0.3, -0.25) is 5.10 Å². The Kier molecular flexibility index (Phi) is 3.86. The lowest BCUT2D eigenvalue weighted by molar-refractivity contribution is 0.379. The first kappa shape index (κ1) is 16.2. The number of rotatable bonds is 2. The molecule has 2 heterocycles. The van der Waals surface area contributed by atoms with Gasteiger partial charge in [0.25, 0.3) is 0 Å². The first-order valence-electron chi connectivity index (χ1n) is 7.76. The maximum atomic E-state index is 13.4. The molecule has 1 aliphatic heterocycles. The van der Waals surface area contributed by atoms with Gasteiger partial charge in [0.05, 0.1) is 17.2 Å². The minimum Gasteiger partial charge on any atom is -0.420 e. The van der Waals surface area contributed by atoms with Crippen LogP contribution in [0.1, 0.15) is 17.0 Å². The highest BCUT2D eigenvalue weighted by Crippen LogP contribution is 2.46. The molecule has 0 fully saturated rings. The summed E-state index contributed by atoms with van der Waals surface area (Å²) >= 11 is 6.33. The molecular formula is C19H12ClFN4O. The number of H-pyrrole nitrogens is 1. The molecule has 0 bridgehead atoms. The van der Waals surface area contributed by atoms with Crippen LogP contribution < -0.4 is 10.5 Å². The summed E-state index contributed by atoms with van der Waals surface area (Å²) in [6.07, 6.45) is 0. The third-order valence-electron chi connectivity index (χ3n) is 4.29. The van der Waals surface area contributed by atoms with Crippen molar-refractivity contribution in [3.63, 3.8) is 0 Å². The van der Waals surface area contributed by atoms with E-state index in [9.17, 15) is 9.65 Å². The number of nitrogens with two attached hydrogens (primary N) is 1. The van der Waals surface area contributed by atoms with Crippen molar-refractivity contribution in [1.29, 1.82) is 5.26 Å². The van der Waals surface area contributed by atoms with Crippen LogP contribution >= 0.6 is 11.6 Å². The Morgan fingerprint density at radius 3 is 2.62 bits per heavy atom. The van der Waals surface area contributed by atoms with Gasteiger partial charge in [0.1, 0.15) is 17.5 Å². The molecular weight excluding hydrogens is 355 g/mol. The fourth-order valence-corrected chi connectivity index (χ4v) is 3.33. The van der Waals surface area contributed by atoms with E-state index in [2.05, 4.69) is 16.3 Å². The summed E-state index contributed by atoms with van der Waals surface area (Å²) in [6.45, 7) is 0. The van der Waals surface area contributed by atoms with Crippen LogP contribution in [0.3, 0.4) is 0 Å². The lowest BCUT2D eigenvalue weighted by atomic mass is 9.83. The second-order valence-corrected chi connectivity index (χ2v) is 6.18. The average Bonchev–Trinajstić information content (AvgIpc) is 3.05. The third kappa shape index (κ3) is 2.50. The Labute approximate surface area is 153 Å². The Bertz CT molecular complexity index is 1070. The lowest BCUT2D eigenvalue weighted by Crippen LogP contribution is -2.21. The summed E-state index contributed by atoms with van der Waals surface area (Å²) in [5, 5.41) is 17.3. The predicted octanol–water partition coefficient (Wildman–Crippen LogP) is 4.09. The Balaban J connectivity index is 1.97. The van der Waals surface area contributed by atoms with Gasteiger partial charge >= 0.3 is 0 Å². The monoisotopic (exact) mass is 366 g/mol. The maximum absolute atomic E-state index is 13.4. The standard InChI is InChI=1S/C19H12ClFN4O/c20-14-4-2-1-3-12(14)17-16-15(10-5-7-11(21)8-6-10)13(9-22)18(23)26-19(16)25-24-17/h1-8,15H,23H2,(H,24,25)/t15-/m1/s1. The van der Waals surface area contributed by atoms with Crippen LogP contribution in [-0.4, -0.2) is 10.2 Å². The van der Waals surface area contributed by atoms with Crippen molar-refractivity contribution in [1.82, 2.24) is 10.2 Å². The molecule has 0 saturated carbocycles. The SMILES string of the molecule is N#CC1=C(N)Oc2n[nH]c(-c3ccccc3Cl)c2[C@@H]1c1ccc(F)cc1. The van der Waals surface area contributed by atoms with Gasteiger partial charge in [-0.05, 0) is 23.8 Å². The maximum Gasteiger partial charge on any atom is 0.244 e. The predicted molar refractivity (Wildman–Crippen MR) is 94.7 cm³/mol. The number of aromatic nitrogens is 2. The van der Waals surface area contributed by atoms with Crippen LogP contribution in [0, 0.1) is 17.1 Å². The lowest BCUT2D eigenvalue weighted by Gasteiger charge is -2.24. The van der Waals surface area contributed by atoms with E-state index in [1.54, 1.807) is 18.2 Å². The molecule has 1 aromatic heterocycles. The number of nitrogens with zero attached hydrogens (tertiary/aromatic N) is 2. The molecule has 0 spiro atoms. The molecule has 3 aromatic rings. The molecule has 5 nitrogen and oxygen atoms in total. The fourth-order valence-electron chi connectivity index (χ4n) is 3.10. The van der Waals surface area contributed by atoms with Crippen LogP contribution in [0.15, 0.2) is 60.0 Å². The summed E-state index contributed by atoms with van der Waals surface area (Å²) < 4.78 is 18.9. The molecule has 128 valence electrons. The molecule has 0 saturated heterocycles. The van der Waals surface area contributed by atoms with Crippen LogP contribution in [0.25, 0.3) is 11.3 Å². The van der Waals surface area contributed by atoms with Crippen molar-refractivity contribution in [3.8, 4) is 23.2 Å². The van der Waals surface area contributed by atoms with Gasteiger partial charge in [-0.2, -0.15) is 5.26 Å². The normalized spacial score (nSPS) is 16.0. The smallest absolute Gasteiger partial charge is 0.244 e. The highest BCUT2D eigenvalue weighted by Gasteiger charge is 2.35. The molecule has 26 heavy (non-hydrogen) atoms. The fraction of sp³-hybridized carbons (Fsp3) is 0.0526. The number of aromatic amines is 1. The number of hydrogen-bond donors (Lipinski definition) is 2. The zero-order valence-corrected chi connectivity index (χ0v) is 14.1. The van der Waals surface area contributed by atoms with E-state index < -0.39 is 5.92 Å². The molecule has 1 aliphatic rings. The van der Waals surface area contributed by atoms with E-state index in [1.165, 1.54) is 12.1 Å². The van der Waals surface area contributed by atoms with Crippen LogP contribution in [0.4, 0.5) is 4.39 Å². The van der Waals surface area contributed by atoms with Gasteiger partial charge in [0, 0.05) is 10.6 Å². The minimum atomic E-state index is -0.547. The number of hydrogen-bond acceptors (Lipinski definition) is 4. The van der Waals surface area contributed by atoms with Crippen molar-refractivity contribution in [2.75, 3.05) is 0 Å². The molecule has 1 atom stereocenters. The summed E-state index contributed by atoms with van der Waals surface area (Å²) in [5.41, 5.74) is 8.83. The van der Waals surface area contributed by atoms with Gasteiger partial charge < -0.3 is 10.5 Å². The molecule has 2 aromatic carbocycles. The highest BCUT2D eigenvalue weighted by molar-refractivity contribution is 6.33. The molecule has 0 radical (unpaired) electrons. The molecule has 7 heteroatoms. The molecule has 0 amide bonds. The van der Waals surface area contributed by atoms with Gasteiger partial charge in [0.15, 0.2) is 0 Å². The third-order valence-corrected chi connectivity index (χ3v) is 4.62. The molecule has 4 rings (SSSR count). The Hall–Kier alpha value is -3.30. The van der Waals surface area contributed by atoms with E-state index in [1.807, 2.05) is 18.2 Å². The van der Waals surface area contributed by atoms with Gasteiger partial charge in [-0.15, -0.1) is 5.10 Å². The second kappa shape index (κ2) is 6.21. The number of halogens is 2. The number of nitrogens with one attached hydrogen (secondary N) is 1. The van der Waals surface area contributed by atoms with Gasteiger partial charge in [-0.1, -0.05) is 41.9 Å². The average molecular weight is 367 g/mol. The van der Waals surface area contributed by atoms with E-state index in [-0.39, 0.29) is 23.2 Å². The number of ether oxygens (including phenoxy) is 1. The molecule has 0 aliphatic carbocycles. The number of benzene rings is 2. The van der Waals surface area contributed by atoms with Crippen molar-refractivity contribution >= 4 is 11.6 Å². The Morgan fingerprint density at radius 2 is 1.92 bits per heavy atom. The zero-order valence-electron chi connectivity index (χ0n) is 13.3. The quantitative estimate of drug-likeness (QED) is 0.715. The minimum absolute atomic E-state index is 0.0217. The number of nitriles is 1. The van der Waals surface area contributed by atoms with Gasteiger partial charge in [0.2, 0.25) is 11.8 Å². The number of fused-ring (bicyclic) bond motifs is 1. The van der Waals surface area contributed by atoms with Crippen molar-refractivity contribution in [2.24, 2.45) is 5.73 Å². The Morgan fingerprint density at radius 1 is 1.19 bits per heavy atom.